The molecule has 0 saturated carbocycles. The highest BCUT2D eigenvalue weighted by atomic mass is 35.5. The zero-order chi connectivity index (χ0) is 14.3. The van der Waals surface area contributed by atoms with Crippen LogP contribution in [-0.2, 0) is 0 Å². The molecule has 1 aliphatic heterocycles. The average molecular weight is 308 g/mol. The van der Waals surface area contributed by atoms with Crippen molar-refractivity contribution in [2.75, 3.05) is 4.90 Å². The maximum absolute atomic E-state index is 12.8. The van der Waals surface area contributed by atoms with Crippen LogP contribution in [0.3, 0.4) is 0 Å². The van der Waals surface area contributed by atoms with E-state index in [9.17, 15) is 4.79 Å². The van der Waals surface area contributed by atoms with Crippen LogP contribution in [0, 0.1) is 0 Å². The summed E-state index contributed by atoms with van der Waals surface area (Å²) in [4.78, 5) is 15.1. The second-order valence-electron chi connectivity index (χ2n) is 5.63. The van der Waals surface area contributed by atoms with Crippen LogP contribution in [-0.4, -0.2) is 12.1 Å². The third kappa shape index (κ3) is 2.33. The average Bonchev–Trinajstić information content (AvgIpc) is 2.41. The second kappa shape index (κ2) is 5.38. The molecule has 0 aliphatic carbocycles. The number of piperidine rings is 1. The lowest BCUT2D eigenvalue weighted by atomic mass is 9.97. The van der Waals surface area contributed by atoms with E-state index in [1.165, 1.54) is 6.42 Å². The second-order valence-corrected chi connectivity index (χ2v) is 6.97. The molecule has 1 saturated heterocycles. The van der Waals surface area contributed by atoms with Gasteiger partial charge in [-0.25, -0.2) is 0 Å². The lowest BCUT2D eigenvalue weighted by Gasteiger charge is -2.40. The van der Waals surface area contributed by atoms with Crippen LogP contribution in [0.2, 0.25) is 5.02 Å². The molecular formula is C16H18ClNOS. The molecule has 1 aromatic heterocycles. The van der Waals surface area contributed by atoms with Gasteiger partial charge in [0.2, 0.25) is 5.43 Å². The highest BCUT2D eigenvalue weighted by molar-refractivity contribution is 7.16. The summed E-state index contributed by atoms with van der Waals surface area (Å²) in [5.74, 6) is 0. The Morgan fingerprint density at radius 3 is 2.65 bits per heavy atom. The van der Waals surface area contributed by atoms with E-state index in [4.69, 9.17) is 11.6 Å². The first-order valence-corrected chi connectivity index (χ1v) is 8.33. The van der Waals surface area contributed by atoms with Crippen molar-refractivity contribution in [2.45, 2.75) is 45.2 Å². The Bertz CT molecular complexity index is 686. The van der Waals surface area contributed by atoms with Gasteiger partial charge in [-0.2, -0.15) is 0 Å². The van der Waals surface area contributed by atoms with Crippen molar-refractivity contribution >= 4 is 38.7 Å². The number of nitrogens with zero attached hydrogens (tertiary/aromatic N) is 1. The van der Waals surface area contributed by atoms with Crippen LogP contribution >= 0.6 is 22.9 Å². The molecule has 0 unspecified atom stereocenters. The molecule has 0 bridgehead atoms. The van der Waals surface area contributed by atoms with Crippen molar-refractivity contribution in [3.05, 3.63) is 38.8 Å². The Balaban J connectivity index is 2.16. The number of rotatable bonds is 1. The molecule has 0 N–H and O–H groups in total. The summed E-state index contributed by atoms with van der Waals surface area (Å²) in [7, 11) is 0. The van der Waals surface area contributed by atoms with Gasteiger partial charge in [-0.15, -0.1) is 11.3 Å². The molecule has 1 aromatic carbocycles. The summed E-state index contributed by atoms with van der Waals surface area (Å²) in [5.41, 5.74) is 0.950. The van der Waals surface area contributed by atoms with Gasteiger partial charge in [-0.3, -0.25) is 4.79 Å². The fourth-order valence-electron chi connectivity index (χ4n) is 3.17. The van der Waals surface area contributed by atoms with Crippen molar-refractivity contribution in [3.63, 3.8) is 0 Å². The summed E-state index contributed by atoms with van der Waals surface area (Å²) in [6.45, 7) is 4.42. The normalized spacial score (nSPS) is 23.2. The Hall–Kier alpha value is -1.06. The van der Waals surface area contributed by atoms with Crippen LogP contribution in [0.4, 0.5) is 5.69 Å². The molecule has 1 fully saturated rings. The Morgan fingerprint density at radius 1 is 1.25 bits per heavy atom. The van der Waals surface area contributed by atoms with Gasteiger partial charge in [0, 0.05) is 32.6 Å². The van der Waals surface area contributed by atoms with E-state index in [0.717, 1.165) is 28.6 Å². The first-order valence-electron chi connectivity index (χ1n) is 7.07. The molecule has 20 heavy (non-hydrogen) atoms. The zero-order valence-corrected chi connectivity index (χ0v) is 13.3. The molecule has 3 rings (SSSR count). The predicted molar refractivity (Wildman–Crippen MR) is 88.4 cm³/mol. The summed E-state index contributed by atoms with van der Waals surface area (Å²) < 4.78 is 1.00. The molecule has 0 radical (unpaired) electrons. The molecule has 2 nitrogen and oxygen atoms in total. The first kappa shape index (κ1) is 13.9. The van der Waals surface area contributed by atoms with Gasteiger partial charge < -0.3 is 4.90 Å². The Kier molecular flexibility index (Phi) is 3.74. The minimum absolute atomic E-state index is 0.113. The quantitative estimate of drug-likeness (QED) is 0.762. The van der Waals surface area contributed by atoms with Crippen LogP contribution in [0.1, 0.15) is 33.1 Å². The summed E-state index contributed by atoms with van der Waals surface area (Å²) in [5, 5.41) is 3.38. The molecule has 106 valence electrons. The maximum Gasteiger partial charge on any atom is 0.211 e. The SMILES string of the molecule is C[C@@H]1CCC[C@@H](C)N1c1csc2ccc(Cl)cc2c1=O. The molecule has 4 heteroatoms. The number of fused-ring (bicyclic) bond motifs is 1. The van der Waals surface area contributed by atoms with E-state index in [0.29, 0.717) is 17.1 Å². The lowest BCUT2D eigenvalue weighted by molar-refractivity contribution is 0.414. The van der Waals surface area contributed by atoms with Gasteiger partial charge in [-0.05, 0) is 51.3 Å². The van der Waals surface area contributed by atoms with E-state index in [2.05, 4.69) is 18.7 Å². The highest BCUT2D eigenvalue weighted by Gasteiger charge is 2.27. The molecule has 1 aliphatic rings. The third-order valence-corrected chi connectivity index (χ3v) is 5.37. The van der Waals surface area contributed by atoms with Crippen LogP contribution < -0.4 is 10.3 Å². The summed E-state index contributed by atoms with van der Waals surface area (Å²) >= 11 is 7.66. The summed E-state index contributed by atoms with van der Waals surface area (Å²) in [6, 6.07) is 6.41. The van der Waals surface area contributed by atoms with Gasteiger partial charge in [0.15, 0.2) is 0 Å². The molecule has 0 spiro atoms. The van der Waals surface area contributed by atoms with Gasteiger partial charge in [0.05, 0.1) is 5.69 Å². The fourth-order valence-corrected chi connectivity index (χ4v) is 4.23. The van der Waals surface area contributed by atoms with Crippen LogP contribution in [0.15, 0.2) is 28.4 Å². The number of anilines is 1. The highest BCUT2D eigenvalue weighted by Crippen LogP contribution is 2.30. The predicted octanol–water partition coefficient (Wildman–Crippen LogP) is 4.68. The molecule has 2 atom stereocenters. The minimum atomic E-state index is 0.113. The van der Waals surface area contributed by atoms with Gasteiger partial charge in [0.1, 0.15) is 0 Å². The van der Waals surface area contributed by atoms with Crippen molar-refractivity contribution < 1.29 is 0 Å². The van der Waals surface area contributed by atoms with Crippen molar-refractivity contribution in [3.8, 4) is 0 Å². The van der Waals surface area contributed by atoms with Crippen molar-refractivity contribution in [2.24, 2.45) is 0 Å². The minimum Gasteiger partial charge on any atom is -0.362 e. The molecule has 2 heterocycles. The van der Waals surface area contributed by atoms with Crippen molar-refractivity contribution in [1.29, 1.82) is 0 Å². The van der Waals surface area contributed by atoms with Crippen molar-refractivity contribution in [1.82, 2.24) is 0 Å². The number of hydrogen-bond acceptors (Lipinski definition) is 3. The van der Waals surface area contributed by atoms with Gasteiger partial charge in [-0.1, -0.05) is 11.6 Å². The van der Waals surface area contributed by atoms with E-state index < -0.39 is 0 Å². The van der Waals surface area contributed by atoms with E-state index in [-0.39, 0.29) is 5.43 Å². The first-order chi connectivity index (χ1) is 9.58. The van der Waals surface area contributed by atoms with E-state index in [1.54, 1.807) is 17.4 Å². The monoisotopic (exact) mass is 307 g/mol. The fraction of sp³-hybridized carbons (Fsp3) is 0.438. The number of hydrogen-bond donors (Lipinski definition) is 0. The molecule has 2 aromatic rings. The van der Waals surface area contributed by atoms with Gasteiger partial charge in [0.25, 0.3) is 0 Å². The van der Waals surface area contributed by atoms with E-state index in [1.807, 2.05) is 17.5 Å². The van der Waals surface area contributed by atoms with E-state index >= 15 is 0 Å². The smallest absolute Gasteiger partial charge is 0.211 e. The van der Waals surface area contributed by atoms with Crippen LogP contribution in [0.5, 0.6) is 0 Å². The van der Waals surface area contributed by atoms with Gasteiger partial charge >= 0.3 is 0 Å². The molecule has 0 amide bonds. The topological polar surface area (TPSA) is 20.3 Å². The zero-order valence-electron chi connectivity index (χ0n) is 11.7. The van der Waals surface area contributed by atoms with Crippen LogP contribution in [0.25, 0.3) is 10.1 Å². The number of halogens is 1. The maximum atomic E-state index is 12.8. The Morgan fingerprint density at radius 2 is 1.95 bits per heavy atom. The lowest BCUT2D eigenvalue weighted by Crippen LogP contribution is -2.45. The largest absolute Gasteiger partial charge is 0.362 e. The standard InChI is InChI=1S/C16H18ClNOS/c1-10-4-3-5-11(2)18(10)14-9-20-15-7-6-12(17)8-13(15)16(14)19/h6-11H,3-5H2,1-2H3/t10-,11-/m1/s1. The molecular weight excluding hydrogens is 290 g/mol. The Labute approximate surface area is 128 Å². The number of benzene rings is 1. The third-order valence-electron chi connectivity index (χ3n) is 4.19. The summed E-state index contributed by atoms with van der Waals surface area (Å²) in [6.07, 6.45) is 3.56.